The Labute approximate surface area is 209 Å². The first-order chi connectivity index (χ1) is 17.5. The zero-order chi connectivity index (χ0) is 24.6. The van der Waals surface area contributed by atoms with Gasteiger partial charge < -0.3 is 10.6 Å². The lowest BCUT2D eigenvalue weighted by Crippen LogP contribution is -2.25. The van der Waals surface area contributed by atoms with E-state index in [1.807, 2.05) is 65.4 Å². The number of benzene rings is 2. The highest BCUT2D eigenvalue weighted by molar-refractivity contribution is 5.95. The molecule has 3 aromatic heterocycles. The molecule has 0 aliphatic heterocycles. The van der Waals surface area contributed by atoms with Crippen molar-refractivity contribution >= 4 is 28.1 Å². The highest BCUT2D eigenvalue weighted by atomic mass is 16.1. The Hall–Kier alpha value is -4.26. The van der Waals surface area contributed by atoms with Gasteiger partial charge in [-0.3, -0.25) is 9.78 Å². The first kappa shape index (κ1) is 22.2. The van der Waals surface area contributed by atoms with Gasteiger partial charge in [-0.05, 0) is 49.1 Å². The molecule has 0 saturated heterocycles. The van der Waals surface area contributed by atoms with Crippen molar-refractivity contribution in [2.45, 2.75) is 32.7 Å². The third kappa shape index (κ3) is 4.40. The standard InChI is InChI=1S/C29H28N6O/c1-18(2)15-30-26-14-25(22-13-21-5-3-4-6-24(21)31-16-22)34-35-27(17-32-28(26)35)19-7-9-20(10-8-19)29(36)33-23-11-12-23/h3-10,13-14,16-18,23,30H,11-12,15H2,1-2H3,(H,33,36). The molecule has 0 bridgehead atoms. The summed E-state index contributed by atoms with van der Waals surface area (Å²) in [5.74, 6) is 0.458. The second-order valence-corrected chi connectivity index (χ2v) is 9.84. The number of anilines is 1. The molecule has 7 nitrogen and oxygen atoms in total. The summed E-state index contributed by atoms with van der Waals surface area (Å²) in [4.78, 5) is 21.8. The number of nitrogens with one attached hydrogen (secondary N) is 2. The van der Waals surface area contributed by atoms with Crippen LogP contribution in [0.15, 0.2) is 73.1 Å². The molecule has 0 unspecified atom stereocenters. The Bertz CT molecular complexity index is 1570. The van der Waals surface area contributed by atoms with Crippen molar-refractivity contribution in [1.82, 2.24) is 24.9 Å². The van der Waals surface area contributed by atoms with Gasteiger partial charge in [0.2, 0.25) is 0 Å². The van der Waals surface area contributed by atoms with Gasteiger partial charge >= 0.3 is 0 Å². The minimum absolute atomic E-state index is 0.0217. The minimum Gasteiger partial charge on any atom is -0.382 e. The van der Waals surface area contributed by atoms with Crippen molar-refractivity contribution in [3.63, 3.8) is 0 Å². The summed E-state index contributed by atoms with van der Waals surface area (Å²) in [6, 6.07) is 20.2. The summed E-state index contributed by atoms with van der Waals surface area (Å²) in [5, 5.41) is 12.6. The molecule has 1 aliphatic rings. The first-order valence-electron chi connectivity index (χ1n) is 12.4. The smallest absolute Gasteiger partial charge is 0.251 e. The Kier molecular flexibility index (Phi) is 5.60. The zero-order valence-electron chi connectivity index (χ0n) is 20.4. The van der Waals surface area contributed by atoms with E-state index in [0.29, 0.717) is 17.5 Å². The first-order valence-corrected chi connectivity index (χ1v) is 12.4. The van der Waals surface area contributed by atoms with Gasteiger partial charge in [0.1, 0.15) is 0 Å². The fourth-order valence-corrected chi connectivity index (χ4v) is 4.25. The molecule has 7 heteroatoms. The van der Waals surface area contributed by atoms with Gasteiger partial charge in [0.05, 0.1) is 28.8 Å². The molecule has 2 aromatic carbocycles. The van der Waals surface area contributed by atoms with Crippen LogP contribution < -0.4 is 10.6 Å². The topological polar surface area (TPSA) is 84.2 Å². The van der Waals surface area contributed by atoms with Crippen molar-refractivity contribution in [1.29, 1.82) is 0 Å². The van der Waals surface area contributed by atoms with Crippen molar-refractivity contribution in [3.05, 3.63) is 78.6 Å². The molecule has 0 spiro atoms. The second kappa shape index (κ2) is 9.07. The number of carbonyl (C=O) groups excluding carboxylic acids is 1. The van der Waals surface area contributed by atoms with Crippen LogP contribution in [0, 0.1) is 5.92 Å². The van der Waals surface area contributed by atoms with E-state index in [9.17, 15) is 4.79 Å². The predicted octanol–water partition coefficient (Wildman–Crippen LogP) is 5.57. The van der Waals surface area contributed by atoms with Crippen LogP contribution in [0.2, 0.25) is 0 Å². The molecule has 1 fully saturated rings. The number of fused-ring (bicyclic) bond motifs is 2. The summed E-state index contributed by atoms with van der Waals surface area (Å²) < 4.78 is 1.88. The van der Waals surface area contributed by atoms with Crippen LogP contribution in [0.3, 0.4) is 0 Å². The number of hydrogen-bond acceptors (Lipinski definition) is 5. The Morgan fingerprint density at radius 1 is 1.00 bits per heavy atom. The normalized spacial score (nSPS) is 13.4. The molecule has 6 rings (SSSR count). The number of rotatable bonds is 7. The van der Waals surface area contributed by atoms with Crippen LogP contribution >= 0.6 is 0 Å². The number of imidazole rings is 1. The average molecular weight is 477 g/mol. The molecular weight excluding hydrogens is 448 g/mol. The van der Waals surface area contributed by atoms with E-state index in [2.05, 4.69) is 41.6 Å². The maximum Gasteiger partial charge on any atom is 0.251 e. The van der Waals surface area contributed by atoms with Crippen molar-refractivity contribution < 1.29 is 4.79 Å². The Morgan fingerprint density at radius 3 is 2.58 bits per heavy atom. The third-order valence-electron chi connectivity index (χ3n) is 6.41. The molecular formula is C29H28N6O. The molecule has 36 heavy (non-hydrogen) atoms. The summed E-state index contributed by atoms with van der Waals surface area (Å²) in [6.07, 6.45) is 5.84. The number of aromatic nitrogens is 4. The highest BCUT2D eigenvalue weighted by Crippen LogP contribution is 2.29. The van der Waals surface area contributed by atoms with Gasteiger partial charge in [0.15, 0.2) is 5.65 Å². The molecule has 2 N–H and O–H groups in total. The predicted molar refractivity (Wildman–Crippen MR) is 143 cm³/mol. The number of pyridine rings is 1. The molecule has 5 aromatic rings. The fraction of sp³-hybridized carbons (Fsp3) is 0.241. The highest BCUT2D eigenvalue weighted by Gasteiger charge is 2.24. The van der Waals surface area contributed by atoms with Crippen LogP contribution in [0.5, 0.6) is 0 Å². The van der Waals surface area contributed by atoms with E-state index >= 15 is 0 Å². The molecule has 0 atom stereocenters. The maximum atomic E-state index is 12.4. The lowest BCUT2D eigenvalue weighted by atomic mass is 10.1. The molecule has 1 saturated carbocycles. The van der Waals surface area contributed by atoms with Gasteiger partial charge in [0.25, 0.3) is 5.91 Å². The van der Waals surface area contributed by atoms with E-state index < -0.39 is 0 Å². The van der Waals surface area contributed by atoms with Gasteiger partial charge in [0, 0.05) is 40.9 Å². The van der Waals surface area contributed by atoms with E-state index in [1.165, 1.54) is 0 Å². The minimum atomic E-state index is -0.0217. The van der Waals surface area contributed by atoms with Crippen molar-refractivity contribution in [3.8, 4) is 22.5 Å². The molecule has 1 amide bonds. The zero-order valence-corrected chi connectivity index (χ0v) is 20.4. The van der Waals surface area contributed by atoms with Crippen LogP contribution in [-0.4, -0.2) is 38.1 Å². The van der Waals surface area contributed by atoms with Crippen LogP contribution in [0.25, 0.3) is 39.1 Å². The van der Waals surface area contributed by atoms with Gasteiger partial charge in [-0.25, -0.2) is 9.50 Å². The Balaban J connectivity index is 1.42. The monoisotopic (exact) mass is 476 g/mol. The summed E-state index contributed by atoms with van der Waals surface area (Å²) in [6.45, 7) is 5.18. The van der Waals surface area contributed by atoms with Crippen molar-refractivity contribution in [2.24, 2.45) is 5.92 Å². The summed E-state index contributed by atoms with van der Waals surface area (Å²) in [5.41, 5.74) is 6.86. The Morgan fingerprint density at radius 2 is 1.81 bits per heavy atom. The van der Waals surface area contributed by atoms with Gasteiger partial charge in [-0.15, -0.1) is 0 Å². The molecule has 1 aliphatic carbocycles. The third-order valence-corrected chi connectivity index (χ3v) is 6.41. The summed E-state index contributed by atoms with van der Waals surface area (Å²) in [7, 11) is 0. The van der Waals surface area contributed by atoms with Crippen LogP contribution in [-0.2, 0) is 0 Å². The molecule has 180 valence electrons. The quantitative estimate of drug-likeness (QED) is 0.321. The second-order valence-electron chi connectivity index (χ2n) is 9.84. The summed E-state index contributed by atoms with van der Waals surface area (Å²) >= 11 is 0. The average Bonchev–Trinajstić information content (AvgIpc) is 3.61. The molecule has 3 heterocycles. The lowest BCUT2D eigenvalue weighted by Gasteiger charge is -2.13. The van der Waals surface area contributed by atoms with E-state index in [-0.39, 0.29) is 5.91 Å². The number of nitrogens with zero attached hydrogens (tertiary/aromatic N) is 4. The van der Waals surface area contributed by atoms with Crippen LogP contribution in [0.4, 0.5) is 5.69 Å². The molecule has 0 radical (unpaired) electrons. The SMILES string of the molecule is CC(C)CNc1cc(-c2cnc3ccccc3c2)nn2c(-c3ccc(C(=O)NC4CC4)cc3)cnc12. The fourth-order valence-electron chi connectivity index (χ4n) is 4.25. The number of carbonyl (C=O) groups is 1. The lowest BCUT2D eigenvalue weighted by molar-refractivity contribution is 0.0951. The van der Waals surface area contributed by atoms with E-state index in [4.69, 9.17) is 10.1 Å². The van der Waals surface area contributed by atoms with Gasteiger partial charge in [-0.2, -0.15) is 5.10 Å². The van der Waals surface area contributed by atoms with Gasteiger partial charge in [-0.1, -0.05) is 44.2 Å². The van der Waals surface area contributed by atoms with Crippen LogP contribution in [0.1, 0.15) is 37.0 Å². The number of amides is 1. The van der Waals surface area contributed by atoms with Crippen molar-refractivity contribution in [2.75, 3.05) is 11.9 Å². The van der Waals surface area contributed by atoms with E-state index in [0.717, 1.165) is 64.1 Å². The number of para-hydroxylation sites is 1. The number of hydrogen-bond donors (Lipinski definition) is 2. The van der Waals surface area contributed by atoms with E-state index in [1.54, 1.807) is 0 Å². The largest absolute Gasteiger partial charge is 0.382 e. The maximum absolute atomic E-state index is 12.4.